The van der Waals surface area contributed by atoms with Gasteiger partial charge in [-0.1, -0.05) is 12.1 Å². The van der Waals surface area contributed by atoms with Gasteiger partial charge in [0.25, 0.3) is 5.69 Å². The Labute approximate surface area is 147 Å². The number of aromatic nitrogens is 2. The van der Waals surface area contributed by atoms with Gasteiger partial charge in [-0.05, 0) is 35.9 Å². The Morgan fingerprint density at radius 1 is 1.08 bits per heavy atom. The predicted octanol–water partition coefficient (Wildman–Crippen LogP) is 4.55. The van der Waals surface area contributed by atoms with E-state index in [9.17, 15) is 10.1 Å². The van der Waals surface area contributed by atoms with Crippen LogP contribution in [0.15, 0.2) is 76.4 Å². The molecule has 0 atom stereocenters. The van der Waals surface area contributed by atoms with E-state index in [-0.39, 0.29) is 5.69 Å². The van der Waals surface area contributed by atoms with Crippen molar-refractivity contribution in [2.75, 3.05) is 0 Å². The van der Waals surface area contributed by atoms with Gasteiger partial charge in [0.2, 0.25) is 5.89 Å². The molecular weight excluding hydrogens is 332 g/mol. The molecule has 0 aliphatic carbocycles. The molecule has 2 aromatic heterocycles. The molecule has 0 radical (unpaired) electrons. The third-order valence-corrected chi connectivity index (χ3v) is 3.74. The SMILES string of the molecule is O=[N+]([O-])c1cccc(C=Nc2ccc3oc(-c4ccncc4)nc3c2)c1. The van der Waals surface area contributed by atoms with E-state index in [1.165, 1.54) is 12.1 Å². The van der Waals surface area contributed by atoms with Crippen LogP contribution in [0.1, 0.15) is 5.56 Å². The molecule has 26 heavy (non-hydrogen) atoms. The standard InChI is InChI=1S/C19H12N4O3/c24-23(25)16-3-1-2-13(10-16)12-21-15-4-5-18-17(11-15)22-19(26-18)14-6-8-20-9-7-14/h1-12H. The van der Waals surface area contributed by atoms with Crippen LogP contribution in [0.5, 0.6) is 0 Å². The predicted molar refractivity (Wildman–Crippen MR) is 97.6 cm³/mol. The van der Waals surface area contributed by atoms with Crippen molar-refractivity contribution < 1.29 is 9.34 Å². The molecule has 2 heterocycles. The summed E-state index contributed by atoms with van der Waals surface area (Å²) in [4.78, 5) is 23.2. The molecule has 2 aromatic carbocycles. The molecule has 0 bridgehead atoms. The van der Waals surface area contributed by atoms with Crippen molar-refractivity contribution in [2.24, 2.45) is 4.99 Å². The molecule has 7 heteroatoms. The van der Waals surface area contributed by atoms with Crippen LogP contribution in [0.25, 0.3) is 22.6 Å². The summed E-state index contributed by atoms with van der Waals surface area (Å²) in [6.07, 6.45) is 4.94. The topological polar surface area (TPSA) is 94.4 Å². The Bertz CT molecular complexity index is 1120. The summed E-state index contributed by atoms with van der Waals surface area (Å²) in [5.41, 5.74) is 3.55. The molecule has 0 aliphatic rings. The van der Waals surface area contributed by atoms with Gasteiger partial charge in [-0.15, -0.1) is 0 Å². The van der Waals surface area contributed by atoms with Crippen molar-refractivity contribution >= 4 is 28.7 Å². The smallest absolute Gasteiger partial charge is 0.270 e. The van der Waals surface area contributed by atoms with Crippen LogP contribution < -0.4 is 0 Å². The van der Waals surface area contributed by atoms with Crippen molar-refractivity contribution in [1.82, 2.24) is 9.97 Å². The highest BCUT2D eigenvalue weighted by Gasteiger charge is 2.08. The van der Waals surface area contributed by atoms with E-state index in [1.807, 2.05) is 12.1 Å². The maximum Gasteiger partial charge on any atom is 0.270 e. The van der Waals surface area contributed by atoms with Crippen LogP contribution in [0.4, 0.5) is 11.4 Å². The van der Waals surface area contributed by atoms with Gasteiger partial charge in [0.1, 0.15) is 5.52 Å². The highest BCUT2D eigenvalue weighted by molar-refractivity contribution is 5.85. The summed E-state index contributed by atoms with van der Waals surface area (Å²) in [5, 5.41) is 10.8. The van der Waals surface area contributed by atoms with Crippen LogP contribution >= 0.6 is 0 Å². The Morgan fingerprint density at radius 3 is 2.73 bits per heavy atom. The molecule has 0 spiro atoms. The zero-order valence-corrected chi connectivity index (χ0v) is 13.4. The second-order valence-electron chi connectivity index (χ2n) is 5.52. The highest BCUT2D eigenvalue weighted by Crippen LogP contribution is 2.26. The fraction of sp³-hybridized carbons (Fsp3) is 0. The minimum absolute atomic E-state index is 0.0305. The average molecular weight is 344 g/mol. The first-order valence-corrected chi connectivity index (χ1v) is 7.78. The summed E-state index contributed by atoms with van der Waals surface area (Å²) in [5.74, 6) is 0.516. The zero-order valence-electron chi connectivity index (χ0n) is 13.4. The zero-order chi connectivity index (χ0) is 17.9. The van der Waals surface area contributed by atoms with Gasteiger partial charge in [0.05, 0.1) is 10.6 Å². The molecule has 4 aromatic rings. The van der Waals surface area contributed by atoms with Gasteiger partial charge < -0.3 is 4.42 Å². The Balaban J connectivity index is 1.63. The van der Waals surface area contributed by atoms with Gasteiger partial charge in [-0.2, -0.15) is 0 Å². The fourth-order valence-electron chi connectivity index (χ4n) is 2.48. The van der Waals surface area contributed by atoms with Crippen molar-refractivity contribution in [3.05, 3.63) is 82.7 Å². The molecule has 0 saturated heterocycles. The lowest BCUT2D eigenvalue weighted by molar-refractivity contribution is -0.384. The number of rotatable bonds is 4. The van der Waals surface area contributed by atoms with Crippen LogP contribution in [-0.2, 0) is 0 Å². The average Bonchev–Trinajstić information content (AvgIpc) is 3.11. The van der Waals surface area contributed by atoms with Crippen molar-refractivity contribution in [3.8, 4) is 11.5 Å². The van der Waals surface area contributed by atoms with Gasteiger partial charge in [0.15, 0.2) is 5.58 Å². The molecule has 4 rings (SSSR count). The minimum Gasteiger partial charge on any atom is -0.436 e. The van der Waals surface area contributed by atoms with Gasteiger partial charge >= 0.3 is 0 Å². The van der Waals surface area contributed by atoms with Gasteiger partial charge in [-0.25, -0.2) is 4.98 Å². The highest BCUT2D eigenvalue weighted by atomic mass is 16.6. The van der Waals surface area contributed by atoms with Crippen LogP contribution in [0, 0.1) is 10.1 Å². The lowest BCUT2D eigenvalue weighted by Gasteiger charge is -1.95. The Morgan fingerprint density at radius 2 is 1.92 bits per heavy atom. The largest absolute Gasteiger partial charge is 0.436 e. The minimum atomic E-state index is -0.431. The molecule has 0 unspecified atom stereocenters. The first kappa shape index (κ1) is 15.6. The third kappa shape index (κ3) is 3.18. The number of oxazole rings is 1. The number of fused-ring (bicyclic) bond motifs is 1. The quantitative estimate of drug-likeness (QED) is 0.307. The lowest BCUT2D eigenvalue weighted by Crippen LogP contribution is -1.89. The second kappa shape index (κ2) is 6.56. The van der Waals surface area contributed by atoms with Crippen molar-refractivity contribution in [1.29, 1.82) is 0 Å². The summed E-state index contributed by atoms with van der Waals surface area (Å²) < 4.78 is 5.75. The van der Waals surface area contributed by atoms with E-state index in [2.05, 4.69) is 15.0 Å². The third-order valence-electron chi connectivity index (χ3n) is 3.74. The Kier molecular flexibility index (Phi) is 3.95. The molecular formula is C19H12N4O3. The number of hydrogen-bond acceptors (Lipinski definition) is 6. The molecule has 7 nitrogen and oxygen atoms in total. The van der Waals surface area contributed by atoms with Crippen molar-refractivity contribution in [3.63, 3.8) is 0 Å². The Hall–Kier alpha value is -3.87. The molecule has 0 fully saturated rings. The number of pyridine rings is 1. The maximum absolute atomic E-state index is 10.8. The summed E-state index contributed by atoms with van der Waals surface area (Å²) >= 11 is 0. The molecule has 0 saturated carbocycles. The van der Waals surface area contributed by atoms with E-state index in [0.717, 1.165) is 5.56 Å². The number of nitrogens with zero attached hydrogens (tertiary/aromatic N) is 4. The summed E-state index contributed by atoms with van der Waals surface area (Å²) in [7, 11) is 0. The van der Waals surface area contributed by atoms with E-state index in [1.54, 1.807) is 48.9 Å². The molecule has 126 valence electrons. The number of aliphatic imine (C=N–C) groups is 1. The van der Waals surface area contributed by atoms with E-state index in [0.29, 0.717) is 28.2 Å². The van der Waals surface area contributed by atoms with Crippen LogP contribution in [0.3, 0.4) is 0 Å². The van der Waals surface area contributed by atoms with Crippen molar-refractivity contribution in [2.45, 2.75) is 0 Å². The lowest BCUT2D eigenvalue weighted by atomic mass is 10.2. The van der Waals surface area contributed by atoms with E-state index in [4.69, 9.17) is 4.42 Å². The van der Waals surface area contributed by atoms with E-state index >= 15 is 0 Å². The van der Waals surface area contributed by atoms with Crippen LogP contribution in [-0.4, -0.2) is 21.1 Å². The number of non-ortho nitro benzene ring substituents is 1. The second-order valence-corrected chi connectivity index (χ2v) is 5.52. The molecule has 0 N–H and O–H groups in total. The molecule has 0 aliphatic heterocycles. The number of benzene rings is 2. The van der Waals surface area contributed by atoms with Gasteiger partial charge in [0, 0.05) is 36.3 Å². The molecule has 0 amide bonds. The summed E-state index contributed by atoms with van der Waals surface area (Å²) in [6, 6.07) is 15.4. The number of hydrogen-bond donors (Lipinski definition) is 0. The van der Waals surface area contributed by atoms with Crippen LogP contribution in [0.2, 0.25) is 0 Å². The number of nitro benzene ring substituents is 1. The summed E-state index contributed by atoms with van der Waals surface area (Å²) in [6.45, 7) is 0. The normalized spacial score (nSPS) is 11.2. The first-order valence-electron chi connectivity index (χ1n) is 7.78. The fourth-order valence-corrected chi connectivity index (χ4v) is 2.48. The van der Waals surface area contributed by atoms with Gasteiger partial charge in [-0.3, -0.25) is 20.1 Å². The monoisotopic (exact) mass is 344 g/mol. The number of nitro groups is 1. The maximum atomic E-state index is 10.8. The first-order chi connectivity index (χ1) is 12.7. The van der Waals surface area contributed by atoms with E-state index < -0.39 is 4.92 Å².